The maximum absolute atomic E-state index is 13.4. The highest BCUT2D eigenvalue weighted by Gasteiger charge is 2.28. The molecule has 1 aliphatic heterocycles. The zero-order chi connectivity index (χ0) is 22.7. The van der Waals surface area contributed by atoms with Crippen LogP contribution in [0.15, 0.2) is 48.8 Å². The lowest BCUT2D eigenvalue weighted by atomic mass is 9.89. The van der Waals surface area contributed by atoms with Gasteiger partial charge in [0.05, 0.1) is 11.4 Å². The SMILES string of the molecule is CC(C)(C)OC(=O)N1CCC(Cc2n[nH]c(-c3ccc(F)cc3)c2-c2ccncc2)CC1. The number of benzene rings is 1. The number of nitrogens with one attached hydrogen (secondary N) is 1. The van der Waals surface area contributed by atoms with Gasteiger partial charge in [0.2, 0.25) is 0 Å². The number of carbonyl (C=O) groups is 1. The van der Waals surface area contributed by atoms with Gasteiger partial charge in [-0.15, -0.1) is 0 Å². The van der Waals surface area contributed by atoms with Crippen LogP contribution in [0.25, 0.3) is 22.4 Å². The van der Waals surface area contributed by atoms with Crippen LogP contribution >= 0.6 is 0 Å². The molecule has 0 spiro atoms. The first kappa shape index (κ1) is 22.0. The number of aromatic nitrogens is 3. The average molecular weight is 437 g/mol. The standard InChI is InChI=1S/C25H29FN4O2/c1-25(2,3)32-24(31)30-14-10-17(11-15-30)16-21-22(18-8-12-27-13-9-18)23(29-28-21)19-4-6-20(26)7-5-19/h4-9,12-13,17H,10-11,14-16H2,1-3H3,(H,28,29). The first-order valence-corrected chi connectivity index (χ1v) is 11.0. The fraction of sp³-hybridized carbons (Fsp3) is 0.400. The van der Waals surface area contributed by atoms with Crippen LogP contribution in [0.2, 0.25) is 0 Å². The van der Waals surface area contributed by atoms with Gasteiger partial charge >= 0.3 is 6.09 Å². The molecule has 1 aliphatic rings. The van der Waals surface area contributed by atoms with E-state index in [0.717, 1.165) is 47.3 Å². The molecule has 4 rings (SSSR count). The maximum atomic E-state index is 13.4. The average Bonchev–Trinajstić information content (AvgIpc) is 3.17. The number of hydrogen-bond donors (Lipinski definition) is 1. The van der Waals surface area contributed by atoms with Crippen molar-refractivity contribution in [2.75, 3.05) is 13.1 Å². The van der Waals surface area contributed by atoms with Gasteiger partial charge in [-0.1, -0.05) is 0 Å². The van der Waals surface area contributed by atoms with Gasteiger partial charge in [0.1, 0.15) is 11.4 Å². The molecule has 0 radical (unpaired) electrons. The number of halogens is 1. The number of H-pyrrole nitrogens is 1. The van der Waals surface area contributed by atoms with Crippen LogP contribution in [0.4, 0.5) is 9.18 Å². The summed E-state index contributed by atoms with van der Waals surface area (Å²) in [4.78, 5) is 18.3. The summed E-state index contributed by atoms with van der Waals surface area (Å²) in [5, 5.41) is 7.82. The number of hydrogen-bond acceptors (Lipinski definition) is 4. The Bertz CT molecular complexity index is 1050. The van der Waals surface area contributed by atoms with Crippen molar-refractivity contribution in [3.63, 3.8) is 0 Å². The molecule has 1 N–H and O–H groups in total. The second kappa shape index (κ2) is 9.10. The van der Waals surface area contributed by atoms with Gasteiger partial charge < -0.3 is 9.64 Å². The van der Waals surface area contributed by atoms with E-state index in [0.29, 0.717) is 19.0 Å². The minimum Gasteiger partial charge on any atom is -0.444 e. The van der Waals surface area contributed by atoms with Crippen LogP contribution in [0.5, 0.6) is 0 Å². The molecule has 1 fully saturated rings. The summed E-state index contributed by atoms with van der Waals surface area (Å²) in [5.41, 5.74) is 4.29. The highest BCUT2D eigenvalue weighted by Crippen LogP contribution is 2.35. The van der Waals surface area contributed by atoms with Crippen molar-refractivity contribution in [3.05, 3.63) is 60.3 Å². The molecule has 3 aromatic rings. The molecular formula is C25H29FN4O2. The molecule has 2 aromatic heterocycles. The summed E-state index contributed by atoms with van der Waals surface area (Å²) in [5.74, 6) is 0.148. The van der Waals surface area contributed by atoms with Crippen LogP contribution in [0.1, 0.15) is 39.3 Å². The normalized spacial score (nSPS) is 15.1. The molecule has 3 heterocycles. The summed E-state index contributed by atoms with van der Waals surface area (Å²) in [6.07, 6.45) is 5.88. The Kier molecular flexibility index (Phi) is 6.26. The van der Waals surface area contributed by atoms with Crippen molar-refractivity contribution in [1.82, 2.24) is 20.1 Å². The molecule has 1 saturated heterocycles. The minimum absolute atomic E-state index is 0.244. The largest absolute Gasteiger partial charge is 0.444 e. The van der Waals surface area contributed by atoms with E-state index < -0.39 is 5.60 Å². The molecule has 1 aromatic carbocycles. The predicted molar refractivity (Wildman–Crippen MR) is 121 cm³/mol. The summed E-state index contributed by atoms with van der Waals surface area (Å²) in [6, 6.07) is 10.4. The van der Waals surface area contributed by atoms with E-state index in [1.54, 1.807) is 29.4 Å². The Morgan fingerprint density at radius 3 is 2.38 bits per heavy atom. The number of piperidine rings is 1. The number of likely N-dealkylation sites (tertiary alicyclic amines) is 1. The van der Waals surface area contributed by atoms with Crippen LogP contribution < -0.4 is 0 Å². The van der Waals surface area contributed by atoms with Gasteiger partial charge in [-0.05, 0) is 87.9 Å². The molecule has 0 unspecified atom stereocenters. The Morgan fingerprint density at radius 2 is 1.75 bits per heavy atom. The predicted octanol–water partition coefficient (Wildman–Crippen LogP) is 5.47. The van der Waals surface area contributed by atoms with E-state index in [9.17, 15) is 9.18 Å². The van der Waals surface area contributed by atoms with Crippen LogP contribution in [0, 0.1) is 11.7 Å². The molecule has 1 amide bonds. The van der Waals surface area contributed by atoms with E-state index >= 15 is 0 Å². The van der Waals surface area contributed by atoms with Gasteiger partial charge in [0.25, 0.3) is 0 Å². The summed E-state index contributed by atoms with van der Waals surface area (Å²) >= 11 is 0. The van der Waals surface area contributed by atoms with Gasteiger partial charge in [-0.2, -0.15) is 5.10 Å². The highest BCUT2D eigenvalue weighted by molar-refractivity contribution is 5.82. The molecule has 7 heteroatoms. The van der Waals surface area contributed by atoms with Gasteiger partial charge in [0.15, 0.2) is 0 Å². The third kappa shape index (κ3) is 5.15. The molecule has 6 nitrogen and oxygen atoms in total. The van der Waals surface area contributed by atoms with E-state index in [1.807, 2.05) is 32.9 Å². The van der Waals surface area contributed by atoms with Crippen molar-refractivity contribution >= 4 is 6.09 Å². The fourth-order valence-electron chi connectivity index (χ4n) is 4.10. The molecule has 168 valence electrons. The first-order valence-electron chi connectivity index (χ1n) is 11.0. The Balaban J connectivity index is 1.52. The number of pyridine rings is 1. The van der Waals surface area contributed by atoms with Crippen molar-refractivity contribution in [2.45, 2.75) is 45.6 Å². The lowest BCUT2D eigenvalue weighted by Gasteiger charge is -2.33. The van der Waals surface area contributed by atoms with Crippen LogP contribution in [-0.4, -0.2) is 44.9 Å². The quantitative estimate of drug-likeness (QED) is 0.589. The number of amides is 1. The zero-order valence-corrected chi connectivity index (χ0v) is 18.8. The van der Waals surface area contributed by atoms with Crippen molar-refractivity contribution in [2.24, 2.45) is 5.92 Å². The Morgan fingerprint density at radius 1 is 1.09 bits per heavy atom. The first-order chi connectivity index (χ1) is 15.3. The zero-order valence-electron chi connectivity index (χ0n) is 18.8. The van der Waals surface area contributed by atoms with Crippen molar-refractivity contribution < 1.29 is 13.9 Å². The van der Waals surface area contributed by atoms with E-state index in [1.165, 1.54) is 12.1 Å². The molecule has 0 aliphatic carbocycles. The molecule has 32 heavy (non-hydrogen) atoms. The number of aromatic amines is 1. The van der Waals surface area contributed by atoms with Crippen LogP contribution in [0.3, 0.4) is 0 Å². The number of ether oxygens (including phenoxy) is 1. The van der Waals surface area contributed by atoms with Gasteiger partial charge in [-0.3, -0.25) is 10.1 Å². The smallest absolute Gasteiger partial charge is 0.410 e. The highest BCUT2D eigenvalue weighted by atomic mass is 19.1. The van der Waals surface area contributed by atoms with Gasteiger partial charge in [0, 0.05) is 36.6 Å². The lowest BCUT2D eigenvalue weighted by molar-refractivity contribution is 0.0184. The van der Waals surface area contributed by atoms with Crippen LogP contribution in [-0.2, 0) is 11.2 Å². The number of rotatable bonds is 4. The second-order valence-corrected chi connectivity index (χ2v) is 9.28. The van der Waals surface area contributed by atoms with E-state index in [4.69, 9.17) is 4.74 Å². The monoisotopic (exact) mass is 436 g/mol. The van der Waals surface area contributed by atoms with Gasteiger partial charge in [-0.25, -0.2) is 9.18 Å². The van der Waals surface area contributed by atoms with Crippen molar-refractivity contribution in [1.29, 1.82) is 0 Å². The lowest BCUT2D eigenvalue weighted by Crippen LogP contribution is -2.42. The molecule has 0 saturated carbocycles. The number of nitrogens with zero attached hydrogens (tertiary/aromatic N) is 3. The maximum Gasteiger partial charge on any atom is 0.410 e. The fourth-order valence-corrected chi connectivity index (χ4v) is 4.10. The molecule has 0 atom stereocenters. The Hall–Kier alpha value is -3.22. The van der Waals surface area contributed by atoms with E-state index in [2.05, 4.69) is 15.2 Å². The third-order valence-corrected chi connectivity index (χ3v) is 5.69. The Labute approximate surface area is 187 Å². The minimum atomic E-state index is -0.487. The van der Waals surface area contributed by atoms with E-state index in [-0.39, 0.29) is 11.9 Å². The number of carbonyl (C=O) groups excluding carboxylic acids is 1. The summed E-state index contributed by atoms with van der Waals surface area (Å²) < 4.78 is 19.0. The second-order valence-electron chi connectivity index (χ2n) is 9.28. The third-order valence-electron chi connectivity index (χ3n) is 5.69. The molecular weight excluding hydrogens is 407 g/mol. The van der Waals surface area contributed by atoms with Crippen molar-refractivity contribution in [3.8, 4) is 22.4 Å². The summed E-state index contributed by atoms with van der Waals surface area (Å²) in [6.45, 7) is 7.01. The molecule has 0 bridgehead atoms. The summed E-state index contributed by atoms with van der Waals surface area (Å²) in [7, 11) is 0. The topological polar surface area (TPSA) is 71.1 Å².